The van der Waals surface area contributed by atoms with Crippen molar-refractivity contribution < 1.29 is 49.0 Å². The molecule has 0 radical (unpaired) electrons. The lowest BCUT2D eigenvalue weighted by Crippen LogP contribution is -2.68. The number of ether oxygens (including phenoxy) is 4. The Hall–Kier alpha value is -1.38. The standard InChI is InChI=1S/C14H28N2O10/c1-23-12(20)10(18)9(17)11(19)14(22,13(21)24-2)8(16)7-26-6-5-25-4-3-15/h8-11,17-19,22H,3-7,15-16H2,1-2H3/t8?,9-,10-,11-,14+/m0/s1. The Morgan fingerprint density at radius 2 is 1.62 bits per heavy atom. The summed E-state index contributed by atoms with van der Waals surface area (Å²) in [6.07, 6.45) is -6.90. The van der Waals surface area contributed by atoms with Gasteiger partial charge < -0.3 is 50.8 Å². The number of rotatable bonds is 13. The van der Waals surface area contributed by atoms with Crippen LogP contribution in [0.3, 0.4) is 0 Å². The highest BCUT2D eigenvalue weighted by molar-refractivity contribution is 5.82. The summed E-state index contributed by atoms with van der Waals surface area (Å²) in [7, 11) is 1.85. The molecule has 8 N–H and O–H groups in total. The Labute approximate surface area is 150 Å². The van der Waals surface area contributed by atoms with Gasteiger partial charge in [-0.3, -0.25) is 0 Å². The van der Waals surface area contributed by atoms with Gasteiger partial charge in [0.05, 0.1) is 46.7 Å². The van der Waals surface area contributed by atoms with Gasteiger partial charge in [-0.15, -0.1) is 0 Å². The summed E-state index contributed by atoms with van der Waals surface area (Å²) in [6.45, 7) is 0.433. The molecule has 0 aliphatic heterocycles. The molecule has 0 amide bonds. The summed E-state index contributed by atoms with van der Waals surface area (Å²) in [4.78, 5) is 23.2. The van der Waals surface area contributed by atoms with Crippen LogP contribution in [0.2, 0.25) is 0 Å². The fourth-order valence-electron chi connectivity index (χ4n) is 1.99. The summed E-state index contributed by atoms with van der Waals surface area (Å²) in [5.41, 5.74) is 8.08. The quantitative estimate of drug-likeness (QED) is 0.131. The molecular weight excluding hydrogens is 356 g/mol. The number of nitrogens with two attached hydrogens (primary N) is 2. The number of esters is 2. The van der Waals surface area contributed by atoms with Crippen molar-refractivity contribution in [1.82, 2.24) is 0 Å². The average molecular weight is 384 g/mol. The van der Waals surface area contributed by atoms with Crippen LogP contribution in [0, 0.1) is 0 Å². The molecule has 12 nitrogen and oxygen atoms in total. The van der Waals surface area contributed by atoms with Gasteiger partial charge in [-0.1, -0.05) is 0 Å². The smallest absolute Gasteiger partial charge is 0.342 e. The Bertz CT molecular complexity index is 438. The zero-order valence-corrected chi connectivity index (χ0v) is 14.7. The normalized spacial score (nSPS) is 18.3. The third kappa shape index (κ3) is 6.41. The number of carbonyl (C=O) groups is 2. The Balaban J connectivity index is 5.06. The van der Waals surface area contributed by atoms with Crippen molar-refractivity contribution in [3.05, 3.63) is 0 Å². The molecule has 0 aromatic rings. The predicted octanol–water partition coefficient (Wildman–Crippen LogP) is -4.53. The second kappa shape index (κ2) is 12.1. The van der Waals surface area contributed by atoms with Crippen molar-refractivity contribution in [2.75, 3.05) is 47.2 Å². The number of methoxy groups -OCH3 is 2. The summed E-state index contributed by atoms with van der Waals surface area (Å²) in [5, 5.41) is 40.2. The van der Waals surface area contributed by atoms with Gasteiger partial charge in [0.2, 0.25) is 5.60 Å². The zero-order valence-electron chi connectivity index (χ0n) is 14.7. The lowest BCUT2D eigenvalue weighted by atomic mass is 9.84. The first-order valence-corrected chi connectivity index (χ1v) is 7.72. The van der Waals surface area contributed by atoms with Crippen molar-refractivity contribution in [3.8, 4) is 0 Å². The fraction of sp³-hybridized carbons (Fsp3) is 0.857. The van der Waals surface area contributed by atoms with Crippen LogP contribution in [0.1, 0.15) is 0 Å². The number of carbonyl (C=O) groups excluding carboxylic acids is 2. The highest BCUT2D eigenvalue weighted by atomic mass is 16.6. The minimum Gasteiger partial charge on any atom is -0.467 e. The molecule has 0 saturated carbocycles. The molecule has 0 spiro atoms. The van der Waals surface area contributed by atoms with E-state index in [-0.39, 0.29) is 13.2 Å². The topological polar surface area (TPSA) is 204 Å². The van der Waals surface area contributed by atoms with Crippen LogP contribution in [0.4, 0.5) is 0 Å². The second-order valence-corrected chi connectivity index (χ2v) is 5.30. The minimum atomic E-state index is -2.87. The monoisotopic (exact) mass is 384 g/mol. The minimum absolute atomic E-state index is 0.0500. The molecule has 0 fully saturated rings. The molecule has 0 aromatic carbocycles. The lowest BCUT2D eigenvalue weighted by Gasteiger charge is -2.37. The van der Waals surface area contributed by atoms with Crippen LogP contribution in [-0.4, -0.2) is 110 Å². The summed E-state index contributed by atoms with van der Waals surface area (Å²) >= 11 is 0. The maximum absolute atomic E-state index is 11.9. The molecule has 154 valence electrons. The van der Waals surface area contributed by atoms with E-state index < -0.39 is 48.5 Å². The third-order valence-corrected chi connectivity index (χ3v) is 3.55. The van der Waals surface area contributed by atoms with Gasteiger partial charge in [0.1, 0.15) is 12.2 Å². The molecular formula is C14H28N2O10. The van der Waals surface area contributed by atoms with Crippen LogP contribution in [0.15, 0.2) is 0 Å². The van der Waals surface area contributed by atoms with Gasteiger partial charge >= 0.3 is 11.9 Å². The molecule has 26 heavy (non-hydrogen) atoms. The van der Waals surface area contributed by atoms with Crippen molar-refractivity contribution >= 4 is 11.9 Å². The number of hydrogen-bond acceptors (Lipinski definition) is 12. The Morgan fingerprint density at radius 3 is 2.12 bits per heavy atom. The highest BCUT2D eigenvalue weighted by Crippen LogP contribution is 2.22. The van der Waals surface area contributed by atoms with E-state index in [1.165, 1.54) is 0 Å². The van der Waals surface area contributed by atoms with Gasteiger partial charge in [0.25, 0.3) is 0 Å². The molecule has 0 heterocycles. The molecule has 5 atom stereocenters. The number of hydrogen-bond donors (Lipinski definition) is 6. The van der Waals surface area contributed by atoms with Crippen molar-refractivity contribution in [2.45, 2.75) is 30.0 Å². The van der Waals surface area contributed by atoms with E-state index in [0.29, 0.717) is 13.2 Å². The van der Waals surface area contributed by atoms with E-state index in [0.717, 1.165) is 14.2 Å². The van der Waals surface area contributed by atoms with Crippen molar-refractivity contribution in [3.63, 3.8) is 0 Å². The third-order valence-electron chi connectivity index (χ3n) is 3.55. The Morgan fingerprint density at radius 1 is 1.04 bits per heavy atom. The molecule has 0 rings (SSSR count). The Kier molecular flexibility index (Phi) is 11.4. The first-order valence-electron chi connectivity index (χ1n) is 7.72. The summed E-state index contributed by atoms with van der Waals surface area (Å²) in [5.74, 6) is -2.68. The first-order chi connectivity index (χ1) is 12.2. The van der Waals surface area contributed by atoms with E-state index >= 15 is 0 Å². The second-order valence-electron chi connectivity index (χ2n) is 5.30. The molecule has 0 bridgehead atoms. The summed E-state index contributed by atoms with van der Waals surface area (Å²) < 4.78 is 18.8. The number of aliphatic hydroxyl groups excluding tert-OH is 3. The highest BCUT2D eigenvalue weighted by Gasteiger charge is 2.54. The van der Waals surface area contributed by atoms with Crippen molar-refractivity contribution in [1.29, 1.82) is 0 Å². The molecule has 0 saturated heterocycles. The van der Waals surface area contributed by atoms with E-state index in [1.807, 2.05) is 0 Å². The van der Waals surface area contributed by atoms with Crippen LogP contribution in [0.25, 0.3) is 0 Å². The predicted molar refractivity (Wildman–Crippen MR) is 85.7 cm³/mol. The van der Waals surface area contributed by atoms with Crippen LogP contribution < -0.4 is 11.5 Å². The van der Waals surface area contributed by atoms with Gasteiger partial charge in [-0.2, -0.15) is 0 Å². The first kappa shape index (κ1) is 24.6. The van der Waals surface area contributed by atoms with Gasteiger partial charge in [0, 0.05) is 6.54 Å². The molecule has 0 aliphatic rings. The van der Waals surface area contributed by atoms with Gasteiger partial charge in [-0.05, 0) is 0 Å². The van der Waals surface area contributed by atoms with E-state index in [9.17, 15) is 30.0 Å². The maximum atomic E-state index is 11.9. The van der Waals surface area contributed by atoms with E-state index in [4.69, 9.17) is 20.9 Å². The largest absolute Gasteiger partial charge is 0.467 e. The van der Waals surface area contributed by atoms with Gasteiger partial charge in [0.15, 0.2) is 6.10 Å². The number of aliphatic hydroxyl groups is 4. The molecule has 0 aliphatic carbocycles. The van der Waals surface area contributed by atoms with Crippen molar-refractivity contribution in [2.24, 2.45) is 11.5 Å². The van der Waals surface area contributed by atoms with E-state index in [2.05, 4.69) is 9.47 Å². The van der Waals surface area contributed by atoms with Crippen LogP contribution in [-0.2, 0) is 28.5 Å². The van der Waals surface area contributed by atoms with Crippen LogP contribution >= 0.6 is 0 Å². The van der Waals surface area contributed by atoms with Crippen LogP contribution in [0.5, 0.6) is 0 Å². The zero-order chi connectivity index (χ0) is 20.3. The summed E-state index contributed by atoms with van der Waals surface area (Å²) in [6, 6.07) is -1.57. The molecule has 0 aromatic heterocycles. The lowest BCUT2D eigenvalue weighted by molar-refractivity contribution is -0.203. The molecule has 1 unspecified atom stereocenters. The maximum Gasteiger partial charge on any atom is 0.342 e. The SMILES string of the molecule is COC(=O)[C@@H](O)[C@H](O)[C@H](O)[C@@](O)(C(=O)OC)C(N)COCCOCCN. The van der Waals surface area contributed by atoms with Gasteiger partial charge in [-0.25, -0.2) is 9.59 Å². The fourth-order valence-corrected chi connectivity index (χ4v) is 1.99. The average Bonchev–Trinajstić information content (AvgIpc) is 2.66. The van der Waals surface area contributed by atoms with E-state index in [1.54, 1.807) is 0 Å². The molecule has 12 heteroatoms.